The summed E-state index contributed by atoms with van der Waals surface area (Å²) < 4.78 is 2.15. The molecule has 0 bridgehead atoms. The van der Waals surface area contributed by atoms with Crippen molar-refractivity contribution in [1.29, 1.82) is 0 Å². The minimum Gasteiger partial charge on any atom is -0.479 e. The van der Waals surface area contributed by atoms with Gasteiger partial charge in [0.25, 0.3) is 0 Å². The summed E-state index contributed by atoms with van der Waals surface area (Å²) in [6.45, 7) is 0. The van der Waals surface area contributed by atoms with Gasteiger partial charge in [0.05, 0.1) is 12.4 Å². The van der Waals surface area contributed by atoms with Crippen molar-refractivity contribution in [1.82, 2.24) is 9.55 Å². The maximum Gasteiger partial charge on any atom is 0.334 e. The molecular weight excluding hydrogens is 402 g/mol. The summed E-state index contributed by atoms with van der Waals surface area (Å²) in [5.41, 5.74) is 2.51. The number of hydrogen-bond acceptors (Lipinski definition) is 4. The first kappa shape index (κ1) is 22.5. The van der Waals surface area contributed by atoms with Crippen LogP contribution in [-0.2, 0) is 16.1 Å². The summed E-state index contributed by atoms with van der Waals surface area (Å²) in [5.74, 6) is 4.61. The number of carbonyl (C=O) groups is 1. The highest BCUT2D eigenvalue weighted by molar-refractivity contribution is 6.30. The van der Waals surface area contributed by atoms with Gasteiger partial charge in [0.15, 0.2) is 6.10 Å². The predicted octanol–water partition coefficient (Wildman–Crippen LogP) is 4.95. The molecular formula is C23H30ClN3O3. The molecule has 162 valence electrons. The van der Waals surface area contributed by atoms with Crippen LogP contribution in [0.5, 0.6) is 0 Å². The number of nitrogens with zero attached hydrogens (tertiary/aromatic N) is 2. The summed E-state index contributed by atoms with van der Waals surface area (Å²) in [4.78, 5) is 20.1. The van der Waals surface area contributed by atoms with Crippen molar-refractivity contribution in [2.75, 3.05) is 0 Å². The molecule has 1 heterocycles. The molecule has 1 aromatic heterocycles. The Kier molecular flexibility index (Phi) is 8.49. The SMILES string of the molecule is NOC(CCC=C(C1CCCCC1)C(Cc1cccc(Cl)c1)n1ccnc1)C(=O)O. The quantitative estimate of drug-likeness (QED) is 0.410. The van der Waals surface area contributed by atoms with Gasteiger partial charge in [-0.25, -0.2) is 15.7 Å². The van der Waals surface area contributed by atoms with E-state index in [1.165, 1.54) is 24.8 Å². The van der Waals surface area contributed by atoms with Crippen LogP contribution in [0.15, 0.2) is 54.6 Å². The van der Waals surface area contributed by atoms with E-state index in [-0.39, 0.29) is 6.04 Å². The minimum absolute atomic E-state index is 0.108. The van der Waals surface area contributed by atoms with E-state index in [2.05, 4.69) is 26.5 Å². The first-order chi connectivity index (χ1) is 14.6. The van der Waals surface area contributed by atoms with Gasteiger partial charge in [-0.15, -0.1) is 0 Å². The summed E-state index contributed by atoms with van der Waals surface area (Å²) in [6.07, 6.45) is 14.6. The molecule has 1 aromatic carbocycles. The number of imidazole rings is 1. The lowest BCUT2D eigenvalue weighted by molar-refractivity contribution is -0.151. The predicted molar refractivity (Wildman–Crippen MR) is 117 cm³/mol. The van der Waals surface area contributed by atoms with Crippen LogP contribution in [0.1, 0.15) is 56.6 Å². The van der Waals surface area contributed by atoms with Crippen LogP contribution < -0.4 is 5.90 Å². The van der Waals surface area contributed by atoms with E-state index in [1.54, 1.807) is 6.20 Å². The van der Waals surface area contributed by atoms with Gasteiger partial charge in [-0.3, -0.25) is 4.84 Å². The second-order valence-corrected chi connectivity index (χ2v) is 8.38. The zero-order chi connectivity index (χ0) is 21.3. The Labute approximate surface area is 182 Å². The normalized spacial score (nSPS) is 17.6. The number of rotatable bonds is 10. The minimum atomic E-state index is -1.03. The topological polar surface area (TPSA) is 90.4 Å². The van der Waals surface area contributed by atoms with Crippen molar-refractivity contribution in [3.63, 3.8) is 0 Å². The van der Waals surface area contributed by atoms with Crippen LogP contribution in [-0.4, -0.2) is 26.7 Å². The lowest BCUT2D eigenvalue weighted by atomic mass is 9.79. The number of benzene rings is 1. The highest BCUT2D eigenvalue weighted by Crippen LogP contribution is 2.37. The number of aliphatic carboxylic acids is 1. The van der Waals surface area contributed by atoms with E-state index in [1.807, 2.05) is 30.7 Å². The first-order valence-corrected chi connectivity index (χ1v) is 11.0. The van der Waals surface area contributed by atoms with Gasteiger partial charge >= 0.3 is 5.97 Å². The molecule has 2 aromatic rings. The standard InChI is InChI=1S/C23H30ClN3O3/c24-19-9-4-6-17(14-19)15-21(27-13-12-26-16-27)20(18-7-2-1-3-8-18)10-5-11-22(30-25)23(28)29/h4,6,9-10,12-14,16,18,21-22H,1-3,5,7-8,11,15,25H2,(H,28,29). The van der Waals surface area contributed by atoms with Crippen LogP contribution in [0.3, 0.4) is 0 Å². The third kappa shape index (κ3) is 6.17. The van der Waals surface area contributed by atoms with Gasteiger partial charge in [-0.05, 0) is 61.3 Å². The Balaban J connectivity index is 1.89. The van der Waals surface area contributed by atoms with Gasteiger partial charge in [-0.1, -0.05) is 49.1 Å². The van der Waals surface area contributed by atoms with Gasteiger partial charge in [0.1, 0.15) is 0 Å². The number of aromatic nitrogens is 2. The molecule has 1 fully saturated rings. The van der Waals surface area contributed by atoms with Crippen molar-refractivity contribution >= 4 is 17.6 Å². The summed E-state index contributed by atoms with van der Waals surface area (Å²) in [7, 11) is 0. The Morgan fingerprint density at radius 3 is 2.80 bits per heavy atom. The Hall–Kier alpha value is -2.15. The monoisotopic (exact) mass is 431 g/mol. The first-order valence-electron chi connectivity index (χ1n) is 10.6. The summed E-state index contributed by atoms with van der Waals surface area (Å²) >= 11 is 6.23. The Morgan fingerprint density at radius 2 is 2.17 bits per heavy atom. The van der Waals surface area contributed by atoms with Gasteiger partial charge in [0, 0.05) is 17.4 Å². The number of allylic oxidation sites excluding steroid dienone is 2. The third-order valence-electron chi connectivity index (χ3n) is 5.91. The second-order valence-electron chi connectivity index (χ2n) is 7.94. The zero-order valence-corrected chi connectivity index (χ0v) is 17.9. The molecule has 2 unspecified atom stereocenters. The fourth-order valence-electron chi connectivity index (χ4n) is 4.40. The molecule has 3 N–H and O–H groups in total. The number of nitrogens with two attached hydrogens (primary N) is 1. The molecule has 3 rings (SSSR count). The van der Waals surface area contributed by atoms with Crippen molar-refractivity contribution < 1.29 is 14.7 Å². The molecule has 1 saturated carbocycles. The molecule has 0 radical (unpaired) electrons. The average Bonchev–Trinajstić information content (AvgIpc) is 3.28. The van der Waals surface area contributed by atoms with Crippen molar-refractivity contribution in [2.24, 2.45) is 11.8 Å². The molecule has 0 aliphatic heterocycles. The van der Waals surface area contributed by atoms with E-state index in [0.717, 1.165) is 29.8 Å². The van der Waals surface area contributed by atoms with E-state index in [9.17, 15) is 9.90 Å². The van der Waals surface area contributed by atoms with Crippen LogP contribution >= 0.6 is 11.6 Å². The smallest absolute Gasteiger partial charge is 0.334 e. The largest absolute Gasteiger partial charge is 0.479 e. The number of carboxylic acids is 1. The van der Waals surface area contributed by atoms with Crippen LogP contribution in [0.2, 0.25) is 5.02 Å². The van der Waals surface area contributed by atoms with Crippen LogP contribution in [0, 0.1) is 5.92 Å². The fraction of sp³-hybridized carbons (Fsp3) is 0.478. The van der Waals surface area contributed by atoms with Gasteiger partial charge < -0.3 is 9.67 Å². The molecule has 30 heavy (non-hydrogen) atoms. The molecule has 0 saturated heterocycles. The molecule has 2 atom stereocenters. The summed E-state index contributed by atoms with van der Waals surface area (Å²) in [6, 6.07) is 8.07. The zero-order valence-electron chi connectivity index (χ0n) is 17.1. The highest BCUT2D eigenvalue weighted by atomic mass is 35.5. The third-order valence-corrected chi connectivity index (χ3v) is 6.15. The highest BCUT2D eigenvalue weighted by Gasteiger charge is 2.26. The molecule has 0 spiro atoms. The van der Waals surface area contributed by atoms with Crippen LogP contribution in [0.4, 0.5) is 0 Å². The fourth-order valence-corrected chi connectivity index (χ4v) is 4.61. The lowest BCUT2D eigenvalue weighted by Crippen LogP contribution is -2.27. The van der Waals surface area contributed by atoms with Crippen molar-refractivity contribution in [3.05, 3.63) is 65.2 Å². The molecule has 1 aliphatic carbocycles. The summed E-state index contributed by atoms with van der Waals surface area (Å²) in [5, 5.41) is 9.94. The number of carboxylic acid groups (broad SMARTS) is 1. The second kappa shape index (κ2) is 11.3. The van der Waals surface area contributed by atoms with E-state index in [4.69, 9.17) is 17.5 Å². The lowest BCUT2D eigenvalue weighted by Gasteiger charge is -2.31. The number of halogens is 1. The molecule has 7 heteroatoms. The maximum atomic E-state index is 11.3. The maximum absolute atomic E-state index is 11.3. The van der Waals surface area contributed by atoms with E-state index >= 15 is 0 Å². The van der Waals surface area contributed by atoms with E-state index < -0.39 is 12.1 Å². The van der Waals surface area contributed by atoms with Crippen LogP contribution in [0.25, 0.3) is 0 Å². The van der Waals surface area contributed by atoms with Gasteiger partial charge in [-0.2, -0.15) is 0 Å². The molecule has 0 amide bonds. The Morgan fingerprint density at radius 1 is 1.37 bits per heavy atom. The molecule has 1 aliphatic rings. The average molecular weight is 432 g/mol. The van der Waals surface area contributed by atoms with Gasteiger partial charge in [0.2, 0.25) is 0 Å². The molecule has 6 nitrogen and oxygen atoms in total. The van der Waals surface area contributed by atoms with E-state index in [0.29, 0.717) is 18.8 Å². The number of hydrogen-bond donors (Lipinski definition) is 2. The van der Waals surface area contributed by atoms with Crippen molar-refractivity contribution in [2.45, 2.75) is 63.5 Å². The Bertz CT molecular complexity index is 832. The van der Waals surface area contributed by atoms with Crippen molar-refractivity contribution in [3.8, 4) is 0 Å².